The van der Waals surface area contributed by atoms with Crippen LogP contribution in [0.1, 0.15) is 60.6 Å². The summed E-state index contributed by atoms with van der Waals surface area (Å²) >= 11 is 0. The average molecular weight is 490 g/mol. The largest absolute Gasteiger partial charge is 0.462 e. The van der Waals surface area contributed by atoms with Crippen LogP contribution in [-0.2, 0) is 32.6 Å². The van der Waals surface area contributed by atoms with Gasteiger partial charge in [-0.15, -0.1) is 0 Å². The van der Waals surface area contributed by atoms with Gasteiger partial charge < -0.3 is 14.6 Å². The van der Waals surface area contributed by atoms with Crippen LogP contribution in [0.3, 0.4) is 0 Å². The van der Waals surface area contributed by atoms with Gasteiger partial charge in [0.25, 0.3) is 0 Å². The van der Waals surface area contributed by atoms with Crippen LogP contribution in [0.2, 0.25) is 0 Å². The molecule has 2 rings (SSSR count). The summed E-state index contributed by atoms with van der Waals surface area (Å²) in [6.07, 6.45) is 3.02. The molecule has 1 heterocycles. The van der Waals surface area contributed by atoms with E-state index in [1.807, 2.05) is 39.2 Å². The third kappa shape index (κ3) is 5.95. The lowest BCUT2D eigenvalue weighted by Crippen LogP contribution is -2.33. The van der Waals surface area contributed by atoms with Crippen LogP contribution in [0.5, 0.6) is 0 Å². The number of rotatable bonds is 10. The minimum Gasteiger partial charge on any atom is -0.462 e. The first-order chi connectivity index (χ1) is 15.9. The molecule has 0 bridgehead atoms. The van der Waals surface area contributed by atoms with Crippen molar-refractivity contribution in [3.8, 4) is 0 Å². The number of nitrogens with one attached hydrogen (secondary N) is 1. The Bertz CT molecular complexity index is 1160. The molecule has 8 nitrogen and oxygen atoms in total. The summed E-state index contributed by atoms with van der Waals surface area (Å²) in [6, 6.07) is 6.28. The van der Waals surface area contributed by atoms with Crippen molar-refractivity contribution in [2.45, 2.75) is 65.6 Å². The molecule has 0 unspecified atom stereocenters. The van der Waals surface area contributed by atoms with Crippen LogP contribution >= 0.6 is 0 Å². The molecule has 186 valence electrons. The average Bonchev–Trinajstić information content (AvgIpc) is 3.04. The first kappa shape index (κ1) is 27.3. The monoisotopic (exact) mass is 489 g/mol. The number of carbonyl (C=O) groups is 2. The molecule has 0 atom stereocenters. The Kier molecular flexibility index (Phi) is 9.23. The van der Waals surface area contributed by atoms with Gasteiger partial charge in [0.2, 0.25) is 15.9 Å². The summed E-state index contributed by atoms with van der Waals surface area (Å²) in [5, 5.41) is 2.79. The Labute approximate surface area is 202 Å². The fourth-order valence-electron chi connectivity index (χ4n) is 3.68. The van der Waals surface area contributed by atoms with E-state index in [0.717, 1.165) is 17.0 Å². The van der Waals surface area contributed by atoms with E-state index in [1.54, 1.807) is 32.2 Å². The van der Waals surface area contributed by atoms with Crippen molar-refractivity contribution in [3.05, 3.63) is 58.4 Å². The van der Waals surface area contributed by atoms with Crippen molar-refractivity contribution in [1.29, 1.82) is 0 Å². The van der Waals surface area contributed by atoms with Crippen molar-refractivity contribution >= 4 is 28.0 Å². The van der Waals surface area contributed by atoms with Crippen molar-refractivity contribution in [1.82, 2.24) is 14.2 Å². The maximum Gasteiger partial charge on any atom is 0.340 e. The van der Waals surface area contributed by atoms with Gasteiger partial charge in [0.05, 0.1) is 17.1 Å². The Hall–Kier alpha value is -2.91. The summed E-state index contributed by atoms with van der Waals surface area (Å²) in [5.41, 5.74) is 3.58. The Morgan fingerprint density at radius 2 is 1.74 bits per heavy atom. The van der Waals surface area contributed by atoms with Crippen LogP contribution in [0.25, 0.3) is 6.08 Å². The highest BCUT2D eigenvalue weighted by Crippen LogP contribution is 2.25. The summed E-state index contributed by atoms with van der Waals surface area (Å²) in [5.74, 6) is -0.735. The maximum absolute atomic E-state index is 12.6. The lowest BCUT2D eigenvalue weighted by molar-refractivity contribution is -0.116. The van der Waals surface area contributed by atoms with Gasteiger partial charge in [-0.3, -0.25) is 4.79 Å². The van der Waals surface area contributed by atoms with Gasteiger partial charge >= 0.3 is 5.97 Å². The number of aromatic nitrogens is 1. The van der Waals surface area contributed by atoms with Gasteiger partial charge in [-0.1, -0.05) is 12.1 Å². The summed E-state index contributed by atoms with van der Waals surface area (Å²) in [7, 11) is -2.01. The number of esters is 1. The van der Waals surface area contributed by atoms with Crippen LogP contribution in [0.15, 0.2) is 35.2 Å². The SMILES string of the molecule is CCOC(=O)c1c(/C=C/C(=O)NCc2ccc(S(=O)(=O)N(C)C(C)C)cc2)c(C)n(CC)c1C. The third-order valence-corrected chi connectivity index (χ3v) is 7.87. The molecule has 1 aromatic heterocycles. The topological polar surface area (TPSA) is 97.7 Å². The van der Waals surface area contributed by atoms with Crippen LogP contribution in [-0.4, -0.2) is 48.9 Å². The molecular weight excluding hydrogens is 454 g/mol. The Balaban J connectivity index is 2.13. The van der Waals surface area contributed by atoms with Crippen molar-refractivity contribution in [2.75, 3.05) is 13.7 Å². The number of benzene rings is 1. The minimum absolute atomic E-state index is 0.151. The molecule has 0 fully saturated rings. The molecule has 0 saturated heterocycles. The van der Waals surface area contributed by atoms with Crippen LogP contribution in [0.4, 0.5) is 0 Å². The minimum atomic E-state index is -3.55. The third-order valence-electron chi connectivity index (χ3n) is 5.82. The van der Waals surface area contributed by atoms with Crippen LogP contribution in [0, 0.1) is 13.8 Å². The second kappa shape index (κ2) is 11.5. The predicted octanol–water partition coefficient (Wildman–Crippen LogP) is 3.66. The normalized spacial score (nSPS) is 12.0. The first-order valence-electron chi connectivity index (χ1n) is 11.3. The van der Waals surface area contributed by atoms with Gasteiger partial charge in [0.15, 0.2) is 0 Å². The highest BCUT2D eigenvalue weighted by molar-refractivity contribution is 7.89. The van der Waals surface area contributed by atoms with E-state index in [2.05, 4.69) is 5.32 Å². The fraction of sp³-hybridized carbons (Fsp3) is 0.440. The summed E-state index contributed by atoms with van der Waals surface area (Å²) in [6.45, 7) is 12.3. The molecule has 0 spiro atoms. The lowest BCUT2D eigenvalue weighted by atomic mass is 10.1. The molecule has 0 aliphatic heterocycles. The fourth-order valence-corrected chi connectivity index (χ4v) is 5.04. The lowest BCUT2D eigenvalue weighted by Gasteiger charge is -2.21. The zero-order valence-corrected chi connectivity index (χ0v) is 21.8. The summed E-state index contributed by atoms with van der Waals surface area (Å²) < 4.78 is 33.7. The molecule has 2 aromatic rings. The molecule has 9 heteroatoms. The van der Waals surface area contributed by atoms with Gasteiger partial charge in [-0.25, -0.2) is 13.2 Å². The van der Waals surface area contributed by atoms with Crippen molar-refractivity contribution in [2.24, 2.45) is 0 Å². The second-order valence-corrected chi connectivity index (χ2v) is 10.2. The van der Waals surface area contributed by atoms with E-state index in [4.69, 9.17) is 4.74 Å². The molecule has 0 aliphatic rings. The quantitative estimate of drug-likeness (QED) is 0.406. The first-order valence-corrected chi connectivity index (χ1v) is 12.8. The molecule has 1 amide bonds. The van der Waals surface area contributed by atoms with E-state index >= 15 is 0 Å². The molecule has 0 aliphatic carbocycles. The Morgan fingerprint density at radius 1 is 1.12 bits per heavy atom. The summed E-state index contributed by atoms with van der Waals surface area (Å²) in [4.78, 5) is 25.1. The van der Waals surface area contributed by atoms with Gasteiger partial charge in [-0.2, -0.15) is 4.31 Å². The van der Waals surface area contributed by atoms with Crippen LogP contribution < -0.4 is 5.32 Å². The van der Waals surface area contributed by atoms with Crippen molar-refractivity contribution < 1.29 is 22.7 Å². The van der Waals surface area contributed by atoms with E-state index in [0.29, 0.717) is 17.7 Å². The van der Waals surface area contributed by atoms with E-state index in [1.165, 1.54) is 22.5 Å². The zero-order valence-electron chi connectivity index (χ0n) is 21.0. The number of carbonyl (C=O) groups excluding carboxylic acids is 2. The van der Waals surface area contributed by atoms with Gasteiger partial charge in [0.1, 0.15) is 0 Å². The van der Waals surface area contributed by atoms with E-state index in [9.17, 15) is 18.0 Å². The van der Waals surface area contributed by atoms with E-state index in [-0.39, 0.29) is 30.0 Å². The molecule has 0 saturated carbocycles. The number of nitrogens with zero attached hydrogens (tertiary/aromatic N) is 2. The molecule has 34 heavy (non-hydrogen) atoms. The zero-order chi connectivity index (χ0) is 25.6. The number of hydrogen-bond acceptors (Lipinski definition) is 5. The number of amides is 1. The Morgan fingerprint density at radius 3 is 2.26 bits per heavy atom. The standard InChI is InChI=1S/C25H35N3O5S/c1-8-28-18(5)22(24(19(28)6)25(30)33-9-2)14-15-23(29)26-16-20-10-12-21(13-11-20)34(31,32)27(7)17(3)4/h10-15,17H,8-9,16H2,1-7H3,(H,26,29)/b15-14+. The number of hydrogen-bond donors (Lipinski definition) is 1. The molecular formula is C25H35N3O5S. The number of ether oxygens (including phenoxy) is 1. The second-order valence-electron chi connectivity index (χ2n) is 8.23. The van der Waals surface area contributed by atoms with Gasteiger partial charge in [-0.05, 0) is 65.3 Å². The highest BCUT2D eigenvalue weighted by atomic mass is 32.2. The van der Waals surface area contributed by atoms with Crippen molar-refractivity contribution in [3.63, 3.8) is 0 Å². The molecule has 1 N–H and O–H groups in total. The predicted molar refractivity (Wildman–Crippen MR) is 133 cm³/mol. The van der Waals surface area contributed by atoms with Gasteiger partial charge in [0, 0.05) is 49.2 Å². The van der Waals surface area contributed by atoms with E-state index < -0.39 is 16.0 Å². The molecule has 0 radical (unpaired) electrons. The maximum atomic E-state index is 12.6. The highest BCUT2D eigenvalue weighted by Gasteiger charge is 2.23. The number of sulfonamides is 1. The molecule has 1 aromatic carbocycles. The smallest absolute Gasteiger partial charge is 0.340 e.